The predicted octanol–water partition coefficient (Wildman–Crippen LogP) is 3.69. The standard InChI is InChI=1S/C23H24N4O5S/c1-29-16-5-2-4-15(14-16)18(26-9-7-23(8-10-26)31-12-13-32-23)19-21(28)27-22(33-19)24-20(25-27)17-6-3-11-30-17/h2-6,11,14,18,28H,7-10,12-13H2,1H3/t18-/m0/s1. The van der Waals surface area contributed by atoms with Gasteiger partial charge in [-0.2, -0.15) is 9.50 Å². The molecule has 1 atom stereocenters. The maximum atomic E-state index is 11.2. The van der Waals surface area contributed by atoms with Crippen molar-refractivity contribution in [1.82, 2.24) is 19.5 Å². The molecular weight excluding hydrogens is 444 g/mol. The maximum Gasteiger partial charge on any atom is 0.230 e. The van der Waals surface area contributed by atoms with Gasteiger partial charge in [0.15, 0.2) is 11.5 Å². The van der Waals surface area contributed by atoms with Crippen LogP contribution in [-0.2, 0) is 9.47 Å². The Hall–Kier alpha value is -2.92. The zero-order valence-corrected chi connectivity index (χ0v) is 19.0. The van der Waals surface area contributed by atoms with Crippen molar-refractivity contribution in [3.63, 3.8) is 0 Å². The van der Waals surface area contributed by atoms with Crippen LogP contribution >= 0.6 is 11.3 Å². The smallest absolute Gasteiger partial charge is 0.230 e. The van der Waals surface area contributed by atoms with Crippen molar-refractivity contribution in [2.75, 3.05) is 33.4 Å². The Kier molecular flexibility index (Phi) is 5.10. The Labute approximate surface area is 194 Å². The minimum absolute atomic E-state index is 0.0850. The second kappa shape index (κ2) is 8.14. The van der Waals surface area contributed by atoms with E-state index in [0.717, 1.165) is 42.1 Å². The van der Waals surface area contributed by atoms with Gasteiger partial charge in [-0.15, -0.1) is 5.10 Å². The number of thiazole rings is 1. The van der Waals surface area contributed by atoms with Crippen molar-refractivity contribution in [2.45, 2.75) is 24.7 Å². The van der Waals surface area contributed by atoms with E-state index in [4.69, 9.17) is 18.6 Å². The minimum Gasteiger partial charge on any atom is -0.497 e. The number of benzene rings is 1. The molecule has 33 heavy (non-hydrogen) atoms. The van der Waals surface area contributed by atoms with Crippen molar-refractivity contribution in [2.24, 2.45) is 0 Å². The number of furan rings is 1. The van der Waals surface area contributed by atoms with Crippen LogP contribution in [-0.4, -0.2) is 63.8 Å². The van der Waals surface area contributed by atoms with E-state index in [2.05, 4.69) is 21.0 Å². The van der Waals surface area contributed by atoms with Gasteiger partial charge in [0.1, 0.15) is 5.75 Å². The van der Waals surface area contributed by atoms with Crippen LogP contribution in [0.5, 0.6) is 11.6 Å². The molecule has 0 saturated carbocycles. The molecule has 10 heteroatoms. The highest BCUT2D eigenvalue weighted by atomic mass is 32.1. The number of aromatic hydroxyl groups is 1. The molecule has 0 unspecified atom stereocenters. The van der Waals surface area contributed by atoms with E-state index in [1.165, 1.54) is 15.9 Å². The highest BCUT2D eigenvalue weighted by molar-refractivity contribution is 7.17. The van der Waals surface area contributed by atoms with Crippen LogP contribution in [0, 0.1) is 0 Å². The summed E-state index contributed by atoms with van der Waals surface area (Å²) in [5.41, 5.74) is 1.03. The van der Waals surface area contributed by atoms with E-state index in [-0.39, 0.29) is 11.9 Å². The molecule has 172 valence electrons. The van der Waals surface area contributed by atoms with E-state index in [9.17, 15) is 5.11 Å². The summed E-state index contributed by atoms with van der Waals surface area (Å²) in [5.74, 6) is 1.39. The molecule has 4 aromatic rings. The highest BCUT2D eigenvalue weighted by Crippen LogP contribution is 2.43. The van der Waals surface area contributed by atoms with Gasteiger partial charge >= 0.3 is 0 Å². The largest absolute Gasteiger partial charge is 0.497 e. The Morgan fingerprint density at radius 2 is 1.97 bits per heavy atom. The molecule has 2 fully saturated rings. The third-order valence-electron chi connectivity index (χ3n) is 6.34. The lowest BCUT2D eigenvalue weighted by Crippen LogP contribution is -2.46. The van der Waals surface area contributed by atoms with Crippen LogP contribution in [0.2, 0.25) is 0 Å². The molecule has 0 bridgehead atoms. The van der Waals surface area contributed by atoms with E-state index in [1.54, 1.807) is 25.5 Å². The SMILES string of the molecule is COc1cccc([C@@H](c2sc3nc(-c4ccco4)nn3c2O)N2CCC3(CC2)OCCO3)c1. The first-order valence-electron chi connectivity index (χ1n) is 10.9. The normalized spacial score (nSPS) is 19.4. The van der Waals surface area contributed by atoms with Gasteiger partial charge in [0.2, 0.25) is 16.7 Å². The van der Waals surface area contributed by atoms with E-state index >= 15 is 0 Å². The number of ether oxygens (including phenoxy) is 3. The molecule has 6 rings (SSSR count). The van der Waals surface area contributed by atoms with Gasteiger partial charge in [-0.3, -0.25) is 4.90 Å². The first-order valence-corrected chi connectivity index (χ1v) is 11.8. The summed E-state index contributed by atoms with van der Waals surface area (Å²) < 4.78 is 24.2. The number of rotatable bonds is 5. The van der Waals surface area contributed by atoms with Crippen molar-refractivity contribution >= 4 is 16.3 Å². The lowest BCUT2D eigenvalue weighted by Gasteiger charge is -2.41. The Morgan fingerprint density at radius 3 is 2.67 bits per heavy atom. The average Bonchev–Trinajstić information content (AvgIpc) is 3.63. The van der Waals surface area contributed by atoms with E-state index in [1.807, 2.05) is 18.2 Å². The summed E-state index contributed by atoms with van der Waals surface area (Å²) in [4.78, 5) is 8.33. The molecule has 2 saturated heterocycles. The van der Waals surface area contributed by atoms with Gasteiger partial charge in [0.05, 0.1) is 37.5 Å². The van der Waals surface area contributed by atoms with Crippen molar-refractivity contribution in [1.29, 1.82) is 0 Å². The number of nitrogens with zero attached hydrogens (tertiary/aromatic N) is 4. The van der Waals surface area contributed by atoms with Crippen LogP contribution in [0.1, 0.15) is 29.3 Å². The fraction of sp³-hybridized carbons (Fsp3) is 0.391. The summed E-state index contributed by atoms with van der Waals surface area (Å²) in [6.45, 7) is 2.83. The van der Waals surface area contributed by atoms with Crippen LogP contribution in [0.3, 0.4) is 0 Å². The first kappa shape index (κ1) is 20.7. The molecule has 1 aromatic carbocycles. The molecule has 2 aliphatic heterocycles. The zero-order chi connectivity index (χ0) is 22.4. The molecule has 0 aliphatic carbocycles. The van der Waals surface area contributed by atoms with E-state index < -0.39 is 5.79 Å². The third kappa shape index (κ3) is 3.59. The Morgan fingerprint density at radius 1 is 1.15 bits per heavy atom. The van der Waals surface area contributed by atoms with Crippen LogP contribution in [0.15, 0.2) is 47.1 Å². The lowest BCUT2D eigenvalue weighted by atomic mass is 9.97. The fourth-order valence-electron chi connectivity index (χ4n) is 4.69. The summed E-state index contributed by atoms with van der Waals surface area (Å²) in [7, 11) is 1.66. The summed E-state index contributed by atoms with van der Waals surface area (Å²) >= 11 is 1.43. The molecule has 0 amide bonds. The third-order valence-corrected chi connectivity index (χ3v) is 7.41. The molecular formula is C23H24N4O5S. The monoisotopic (exact) mass is 468 g/mol. The molecule has 1 N–H and O–H groups in total. The molecule has 3 aromatic heterocycles. The van der Waals surface area contributed by atoms with E-state index in [0.29, 0.717) is 29.8 Å². The maximum absolute atomic E-state index is 11.2. The number of hydrogen-bond acceptors (Lipinski definition) is 9. The Bertz CT molecular complexity index is 1250. The van der Waals surface area contributed by atoms with Crippen LogP contribution < -0.4 is 4.74 Å². The van der Waals surface area contributed by atoms with Gasteiger partial charge in [0.25, 0.3) is 0 Å². The fourth-order valence-corrected chi connectivity index (χ4v) is 5.80. The molecule has 5 heterocycles. The number of likely N-dealkylation sites (tertiary alicyclic amines) is 1. The highest BCUT2D eigenvalue weighted by Gasteiger charge is 2.42. The van der Waals surface area contributed by atoms with Gasteiger partial charge in [-0.05, 0) is 29.8 Å². The quantitative estimate of drug-likeness (QED) is 0.474. The van der Waals surface area contributed by atoms with Gasteiger partial charge in [-0.1, -0.05) is 23.5 Å². The average molecular weight is 469 g/mol. The predicted molar refractivity (Wildman–Crippen MR) is 121 cm³/mol. The number of hydrogen-bond donors (Lipinski definition) is 1. The van der Waals surface area contributed by atoms with Crippen molar-refractivity contribution in [3.05, 3.63) is 53.1 Å². The zero-order valence-electron chi connectivity index (χ0n) is 18.1. The number of fused-ring (bicyclic) bond motifs is 1. The molecule has 1 spiro atoms. The van der Waals surface area contributed by atoms with Crippen molar-refractivity contribution in [3.8, 4) is 23.2 Å². The molecule has 0 radical (unpaired) electrons. The Balaban J connectivity index is 1.39. The van der Waals surface area contributed by atoms with Gasteiger partial charge < -0.3 is 23.7 Å². The number of aromatic nitrogens is 3. The second-order valence-corrected chi connectivity index (χ2v) is 9.23. The summed E-state index contributed by atoms with van der Waals surface area (Å²) in [6, 6.07) is 11.4. The molecule has 2 aliphatic rings. The lowest BCUT2D eigenvalue weighted by molar-refractivity contribution is -0.187. The first-order chi connectivity index (χ1) is 16.2. The van der Waals surface area contributed by atoms with Gasteiger partial charge in [0, 0.05) is 25.9 Å². The van der Waals surface area contributed by atoms with Crippen molar-refractivity contribution < 1.29 is 23.7 Å². The molecule has 9 nitrogen and oxygen atoms in total. The summed E-state index contributed by atoms with van der Waals surface area (Å²) in [6.07, 6.45) is 3.13. The van der Waals surface area contributed by atoms with Gasteiger partial charge in [-0.25, -0.2) is 0 Å². The minimum atomic E-state index is -0.471. The number of methoxy groups -OCH3 is 1. The summed E-state index contributed by atoms with van der Waals surface area (Å²) in [5, 5.41) is 15.7. The second-order valence-electron chi connectivity index (χ2n) is 8.22. The topological polar surface area (TPSA) is 94.5 Å². The van der Waals surface area contributed by atoms with Crippen LogP contribution in [0.4, 0.5) is 0 Å². The number of piperidine rings is 1. The van der Waals surface area contributed by atoms with Crippen LogP contribution in [0.25, 0.3) is 16.5 Å².